The van der Waals surface area contributed by atoms with Crippen LogP contribution in [-0.4, -0.2) is 11.1 Å². The quantitative estimate of drug-likeness (QED) is 0.623. The van der Waals surface area contributed by atoms with Crippen LogP contribution in [0.5, 0.6) is 0 Å². The van der Waals surface area contributed by atoms with Gasteiger partial charge in [0, 0.05) is 16.5 Å². The van der Waals surface area contributed by atoms with Gasteiger partial charge in [0.1, 0.15) is 0 Å². The van der Waals surface area contributed by atoms with Crippen molar-refractivity contribution in [2.75, 3.05) is 11.5 Å². The zero-order valence-corrected chi connectivity index (χ0v) is 7.97. The molecular weight excluding hydrogens is 200 g/mol. The molecule has 0 unspecified atom stereocenters. The van der Waals surface area contributed by atoms with Crippen molar-refractivity contribution in [3.05, 3.63) is 23.1 Å². The summed E-state index contributed by atoms with van der Waals surface area (Å²) in [6.45, 7) is 0. The maximum absolute atomic E-state index is 10.9. The maximum atomic E-state index is 10.9. The van der Waals surface area contributed by atoms with Gasteiger partial charge in [-0.05, 0) is 12.1 Å². The average molecular weight is 208 g/mol. The summed E-state index contributed by atoms with van der Waals surface area (Å²) < 4.78 is 0.738. The zero-order chi connectivity index (χ0) is 10.3. The van der Waals surface area contributed by atoms with Crippen LogP contribution in [0.2, 0.25) is 0 Å². The third kappa shape index (κ3) is 1.10. The van der Waals surface area contributed by atoms with Gasteiger partial charge >= 0.3 is 5.97 Å². The minimum atomic E-state index is -0.986. The van der Waals surface area contributed by atoms with Crippen molar-refractivity contribution in [3.63, 3.8) is 0 Å². The van der Waals surface area contributed by atoms with E-state index < -0.39 is 5.97 Å². The first-order valence-electron chi connectivity index (χ1n) is 3.89. The van der Waals surface area contributed by atoms with Crippen molar-refractivity contribution < 1.29 is 9.90 Å². The van der Waals surface area contributed by atoms with Crippen LogP contribution in [0.1, 0.15) is 10.4 Å². The largest absolute Gasteiger partial charge is 0.478 e. The first-order valence-corrected chi connectivity index (χ1v) is 4.77. The van der Waals surface area contributed by atoms with Crippen LogP contribution in [0, 0.1) is 0 Å². The van der Waals surface area contributed by atoms with Crippen molar-refractivity contribution in [2.45, 2.75) is 0 Å². The molecule has 2 rings (SSSR count). The van der Waals surface area contributed by atoms with Crippen molar-refractivity contribution in [3.8, 4) is 0 Å². The summed E-state index contributed by atoms with van der Waals surface area (Å²) in [5.74, 6) is -0.986. The van der Waals surface area contributed by atoms with E-state index in [9.17, 15) is 4.79 Å². The van der Waals surface area contributed by atoms with Crippen molar-refractivity contribution >= 4 is 38.8 Å². The SMILES string of the molecule is Nc1ccc(C(=O)O)c2c(N)csc12. The van der Waals surface area contributed by atoms with Gasteiger partial charge in [-0.25, -0.2) is 4.79 Å². The van der Waals surface area contributed by atoms with Crippen LogP contribution in [0.15, 0.2) is 17.5 Å². The van der Waals surface area contributed by atoms with E-state index in [4.69, 9.17) is 16.6 Å². The summed E-state index contributed by atoms with van der Waals surface area (Å²) in [5, 5.41) is 11.2. The smallest absolute Gasteiger partial charge is 0.336 e. The molecule has 0 saturated heterocycles. The molecule has 5 N–H and O–H groups in total. The molecule has 14 heavy (non-hydrogen) atoms. The number of anilines is 2. The molecule has 0 fully saturated rings. The fourth-order valence-electron chi connectivity index (χ4n) is 1.37. The van der Waals surface area contributed by atoms with Crippen LogP contribution in [0.3, 0.4) is 0 Å². The molecule has 0 radical (unpaired) electrons. The highest BCUT2D eigenvalue weighted by Crippen LogP contribution is 2.35. The molecule has 5 heteroatoms. The molecule has 4 nitrogen and oxygen atoms in total. The third-order valence-corrected chi connectivity index (χ3v) is 3.06. The molecule has 0 spiro atoms. The number of fused-ring (bicyclic) bond motifs is 1. The first kappa shape index (κ1) is 8.83. The normalized spacial score (nSPS) is 10.6. The van der Waals surface area contributed by atoms with E-state index in [2.05, 4.69) is 0 Å². The van der Waals surface area contributed by atoms with Gasteiger partial charge in [0.2, 0.25) is 0 Å². The van der Waals surface area contributed by atoms with Crippen molar-refractivity contribution in [1.29, 1.82) is 0 Å². The van der Waals surface area contributed by atoms with Gasteiger partial charge in [-0.1, -0.05) is 0 Å². The van der Waals surface area contributed by atoms with Crippen LogP contribution >= 0.6 is 11.3 Å². The molecule has 72 valence electrons. The predicted octanol–water partition coefficient (Wildman–Crippen LogP) is 1.76. The highest BCUT2D eigenvalue weighted by molar-refractivity contribution is 7.18. The number of benzene rings is 1. The first-order chi connectivity index (χ1) is 6.61. The number of thiophene rings is 1. The molecule has 0 saturated carbocycles. The fourth-order valence-corrected chi connectivity index (χ4v) is 2.28. The second-order valence-corrected chi connectivity index (χ2v) is 3.78. The Balaban J connectivity index is 2.92. The van der Waals surface area contributed by atoms with E-state index in [-0.39, 0.29) is 5.56 Å². The number of carboxylic acid groups (broad SMARTS) is 1. The monoisotopic (exact) mass is 208 g/mol. The number of nitrogens with two attached hydrogens (primary N) is 2. The standard InChI is InChI=1S/C9H8N2O2S/c10-5-2-1-4(9(12)13)7-6(11)3-14-8(5)7/h1-3H,10-11H2,(H,12,13). The maximum Gasteiger partial charge on any atom is 0.336 e. The van der Waals surface area contributed by atoms with Crippen LogP contribution < -0.4 is 11.5 Å². The molecule has 0 aliphatic carbocycles. The third-order valence-electron chi connectivity index (χ3n) is 2.01. The number of carboxylic acids is 1. The van der Waals surface area contributed by atoms with Gasteiger partial charge in [-0.3, -0.25) is 0 Å². The minimum Gasteiger partial charge on any atom is -0.478 e. The summed E-state index contributed by atoms with van der Waals surface area (Å²) in [6, 6.07) is 3.06. The summed E-state index contributed by atoms with van der Waals surface area (Å²) in [4.78, 5) is 10.9. The molecule has 0 bridgehead atoms. The van der Waals surface area contributed by atoms with Gasteiger partial charge in [0.05, 0.1) is 16.0 Å². The number of carbonyl (C=O) groups is 1. The van der Waals surface area contributed by atoms with E-state index in [1.54, 1.807) is 11.4 Å². The number of rotatable bonds is 1. The summed E-state index contributed by atoms with van der Waals surface area (Å²) in [5.41, 5.74) is 12.6. The minimum absolute atomic E-state index is 0.202. The van der Waals surface area contributed by atoms with E-state index >= 15 is 0 Å². The average Bonchev–Trinajstić information content (AvgIpc) is 2.50. The van der Waals surface area contributed by atoms with E-state index in [0.29, 0.717) is 16.8 Å². The summed E-state index contributed by atoms with van der Waals surface area (Å²) >= 11 is 1.36. The molecule has 1 heterocycles. The van der Waals surface area contributed by atoms with Gasteiger partial charge in [-0.2, -0.15) is 0 Å². The van der Waals surface area contributed by atoms with Crippen LogP contribution in [0.25, 0.3) is 10.1 Å². The Kier molecular flexibility index (Phi) is 1.82. The Hall–Kier alpha value is -1.75. The van der Waals surface area contributed by atoms with Crippen LogP contribution in [0.4, 0.5) is 11.4 Å². The molecule has 0 atom stereocenters. The second kappa shape index (κ2) is 2.88. The Bertz CT molecular complexity index is 519. The van der Waals surface area contributed by atoms with Crippen molar-refractivity contribution in [1.82, 2.24) is 0 Å². The lowest BCUT2D eigenvalue weighted by molar-refractivity contribution is 0.0699. The van der Waals surface area contributed by atoms with E-state index in [1.165, 1.54) is 17.4 Å². The topological polar surface area (TPSA) is 89.3 Å². The second-order valence-electron chi connectivity index (χ2n) is 2.90. The molecule has 2 aromatic rings. The molecule has 1 aromatic heterocycles. The van der Waals surface area contributed by atoms with Gasteiger partial charge in [0.15, 0.2) is 0 Å². The molecule has 0 aliphatic rings. The number of hydrogen-bond donors (Lipinski definition) is 3. The Morgan fingerprint density at radius 1 is 1.29 bits per heavy atom. The number of aromatic carboxylic acids is 1. The van der Waals surface area contributed by atoms with Gasteiger partial charge < -0.3 is 16.6 Å². The molecular formula is C9H8N2O2S. The highest BCUT2D eigenvalue weighted by Gasteiger charge is 2.13. The lowest BCUT2D eigenvalue weighted by Gasteiger charge is -2.01. The zero-order valence-electron chi connectivity index (χ0n) is 7.15. The molecule has 0 amide bonds. The fraction of sp³-hybridized carbons (Fsp3) is 0. The number of nitrogen functional groups attached to an aromatic ring is 2. The van der Waals surface area contributed by atoms with E-state index in [0.717, 1.165) is 4.70 Å². The van der Waals surface area contributed by atoms with Crippen molar-refractivity contribution in [2.24, 2.45) is 0 Å². The lowest BCUT2D eigenvalue weighted by atomic mass is 10.1. The van der Waals surface area contributed by atoms with Gasteiger partial charge in [-0.15, -0.1) is 11.3 Å². The Morgan fingerprint density at radius 2 is 2.00 bits per heavy atom. The Labute approximate surface area is 83.8 Å². The molecule has 0 aliphatic heterocycles. The Morgan fingerprint density at radius 3 is 2.64 bits per heavy atom. The van der Waals surface area contributed by atoms with E-state index in [1.807, 2.05) is 0 Å². The predicted molar refractivity (Wildman–Crippen MR) is 57.6 cm³/mol. The summed E-state index contributed by atoms with van der Waals surface area (Å²) in [7, 11) is 0. The molecule has 1 aromatic carbocycles. The highest BCUT2D eigenvalue weighted by atomic mass is 32.1. The van der Waals surface area contributed by atoms with Crippen LogP contribution in [-0.2, 0) is 0 Å². The number of hydrogen-bond acceptors (Lipinski definition) is 4. The van der Waals surface area contributed by atoms with Gasteiger partial charge in [0.25, 0.3) is 0 Å². The summed E-state index contributed by atoms with van der Waals surface area (Å²) in [6.07, 6.45) is 0. The lowest BCUT2D eigenvalue weighted by Crippen LogP contribution is -1.99.